The fourth-order valence-electron chi connectivity index (χ4n) is 9.79. The van der Waals surface area contributed by atoms with E-state index in [-0.39, 0.29) is 38.6 Å². The summed E-state index contributed by atoms with van der Waals surface area (Å²) in [5.74, 6) is -2.05. The summed E-state index contributed by atoms with van der Waals surface area (Å²) in [5.41, 5.74) is 0. The van der Waals surface area contributed by atoms with Crippen molar-refractivity contribution in [3.63, 3.8) is 0 Å². The second-order valence-electron chi connectivity index (χ2n) is 25.8. The topological polar surface area (TPSA) is 108 Å². The van der Waals surface area contributed by atoms with Crippen LogP contribution in [0.5, 0.6) is 0 Å². The molecule has 0 aromatic carbocycles. The predicted molar refractivity (Wildman–Crippen MR) is 418 cm³/mol. The maximum absolute atomic E-state index is 13.0. The summed E-state index contributed by atoms with van der Waals surface area (Å²) < 4.78 is 23.0. The SMILES string of the molecule is CC/C=C\C/C=C\C/C=C\C/C=C\C/C=C\C/C=C\C/C=C\C/C=C\C/C=C\C/C=C\C/C=C\CCCCCCCC(=O)OC(COC(=O)CCCCCCCCCCCCCCCC/C=C\C/C=C\C/C=C\C/C=C\C/C=C\C/C=C\CC)COC(OCC[N+](C)(C)C)C(=O)O. The van der Waals surface area contributed by atoms with Gasteiger partial charge < -0.3 is 28.5 Å². The van der Waals surface area contributed by atoms with Gasteiger partial charge in [-0.15, -0.1) is 0 Å². The average molecular weight is 1340 g/mol. The standard InChI is InChI=1S/C88H139NO8/c1-6-8-10-12-14-16-18-20-22-24-26-28-30-32-34-36-38-40-41-42-43-44-45-47-49-51-53-55-57-59-61-63-65-67-69-71-73-75-77-79-86(91)97-84(83-96-88(87(92)93)94-81-80-89(3,4)5)82-95-85(90)78-76-74-72-70-68-66-64-62-60-58-56-54-52-50-48-46-39-37-35-33-31-29-27-25-23-21-19-17-15-13-11-9-7-2/h8-11,14-17,20-23,26-29,32-35,38-40,42-43,45-47,51,53,57,59,63,65,84,88H,6-7,12-13,18-19,24-25,30-31,36-37,41,44,48-50,52,54-56,58,60-62,64,66-83H2,1-5H3/p+1/b10-8-,11-9-,16-14-,17-15-,22-20-,23-21-,28-26-,29-27-,34-32-,35-33-,40-38-,43-42-,46-39-,47-45-,53-51-,59-57-,65-63-. The van der Waals surface area contributed by atoms with E-state index in [9.17, 15) is 19.5 Å². The fourth-order valence-corrected chi connectivity index (χ4v) is 9.79. The Morgan fingerprint density at radius 2 is 0.557 bits per heavy atom. The number of nitrogens with zero attached hydrogens (tertiary/aromatic N) is 1. The number of carbonyl (C=O) groups excluding carboxylic acids is 2. The van der Waals surface area contributed by atoms with Crippen molar-refractivity contribution in [2.24, 2.45) is 0 Å². The third-order valence-corrected chi connectivity index (χ3v) is 15.5. The smallest absolute Gasteiger partial charge is 0.361 e. The summed E-state index contributed by atoms with van der Waals surface area (Å²) in [6.07, 6.45) is 115. The van der Waals surface area contributed by atoms with Gasteiger partial charge in [-0.05, 0) is 148 Å². The largest absolute Gasteiger partial charge is 0.477 e. The molecule has 0 aliphatic carbocycles. The molecule has 0 rings (SSSR count). The number of allylic oxidation sites excluding steroid dienone is 34. The van der Waals surface area contributed by atoms with Gasteiger partial charge in [-0.3, -0.25) is 9.59 Å². The van der Waals surface area contributed by atoms with Crippen LogP contribution in [0.1, 0.15) is 271 Å². The van der Waals surface area contributed by atoms with Gasteiger partial charge in [0.1, 0.15) is 13.2 Å². The van der Waals surface area contributed by atoms with Crippen LogP contribution in [-0.4, -0.2) is 87.4 Å². The van der Waals surface area contributed by atoms with Gasteiger partial charge in [-0.1, -0.05) is 317 Å². The lowest BCUT2D eigenvalue weighted by atomic mass is 10.0. The third kappa shape index (κ3) is 77.1. The van der Waals surface area contributed by atoms with E-state index in [0.29, 0.717) is 17.4 Å². The highest BCUT2D eigenvalue weighted by molar-refractivity contribution is 5.71. The van der Waals surface area contributed by atoms with E-state index in [1.54, 1.807) is 0 Å². The van der Waals surface area contributed by atoms with Crippen molar-refractivity contribution in [3.05, 3.63) is 207 Å². The number of likely N-dealkylation sites (N-methyl/N-ethyl adjacent to an activating group) is 1. The van der Waals surface area contributed by atoms with Crippen LogP contribution >= 0.6 is 0 Å². The number of carboxylic acid groups (broad SMARTS) is 1. The summed E-state index contributed by atoms with van der Waals surface area (Å²) in [6, 6.07) is 0. The highest BCUT2D eigenvalue weighted by Gasteiger charge is 2.25. The molecule has 0 radical (unpaired) electrons. The quantitative estimate of drug-likeness (QED) is 0.0211. The van der Waals surface area contributed by atoms with Crippen LogP contribution < -0.4 is 0 Å². The number of aliphatic carboxylic acids is 1. The molecule has 0 fully saturated rings. The molecule has 544 valence electrons. The number of ether oxygens (including phenoxy) is 4. The summed E-state index contributed by atoms with van der Waals surface area (Å²) in [5, 5.41) is 9.77. The molecule has 0 aromatic heterocycles. The number of hydrogen-bond donors (Lipinski definition) is 1. The second-order valence-corrected chi connectivity index (χ2v) is 25.8. The van der Waals surface area contributed by atoms with Crippen molar-refractivity contribution in [3.8, 4) is 0 Å². The van der Waals surface area contributed by atoms with Gasteiger partial charge in [0.05, 0.1) is 34.4 Å². The Hall–Kier alpha value is -6.13. The number of unbranched alkanes of at least 4 members (excludes halogenated alkanes) is 19. The maximum Gasteiger partial charge on any atom is 0.361 e. The zero-order valence-electron chi connectivity index (χ0n) is 62.1. The molecular formula is C88H140NO8+. The summed E-state index contributed by atoms with van der Waals surface area (Å²) in [4.78, 5) is 37.7. The van der Waals surface area contributed by atoms with Gasteiger partial charge in [-0.2, -0.15) is 0 Å². The van der Waals surface area contributed by atoms with Crippen molar-refractivity contribution in [1.82, 2.24) is 0 Å². The van der Waals surface area contributed by atoms with Gasteiger partial charge in [-0.25, -0.2) is 4.79 Å². The molecule has 0 amide bonds. The Morgan fingerprint density at radius 1 is 0.309 bits per heavy atom. The molecule has 9 nitrogen and oxygen atoms in total. The number of hydrogen-bond acceptors (Lipinski definition) is 7. The normalized spacial score (nSPS) is 13.9. The zero-order chi connectivity index (χ0) is 70.4. The van der Waals surface area contributed by atoms with Crippen LogP contribution in [0.15, 0.2) is 207 Å². The van der Waals surface area contributed by atoms with E-state index in [1.165, 1.54) is 77.0 Å². The lowest BCUT2D eigenvalue weighted by molar-refractivity contribution is -0.870. The third-order valence-electron chi connectivity index (χ3n) is 15.5. The molecule has 0 saturated heterocycles. The minimum Gasteiger partial charge on any atom is -0.477 e. The first-order valence-electron chi connectivity index (χ1n) is 38.2. The Kier molecular flexibility index (Phi) is 70.9. The maximum atomic E-state index is 13.0. The molecule has 0 heterocycles. The molecule has 2 atom stereocenters. The first-order valence-corrected chi connectivity index (χ1v) is 38.2. The molecule has 9 heteroatoms. The molecule has 0 aliphatic heterocycles. The first-order chi connectivity index (χ1) is 47.6. The van der Waals surface area contributed by atoms with Crippen molar-refractivity contribution >= 4 is 17.9 Å². The van der Waals surface area contributed by atoms with E-state index in [1.807, 2.05) is 21.1 Å². The van der Waals surface area contributed by atoms with Crippen LogP contribution in [0.2, 0.25) is 0 Å². The minimum absolute atomic E-state index is 0.173. The number of esters is 2. The number of quaternary nitrogens is 1. The first kappa shape index (κ1) is 90.9. The predicted octanol–water partition coefficient (Wildman–Crippen LogP) is 24.7. The molecule has 2 unspecified atom stereocenters. The molecule has 0 saturated carbocycles. The summed E-state index contributed by atoms with van der Waals surface area (Å²) in [6.45, 7) is 4.61. The Morgan fingerprint density at radius 3 is 0.825 bits per heavy atom. The minimum atomic E-state index is -1.53. The van der Waals surface area contributed by atoms with Crippen LogP contribution in [0.4, 0.5) is 0 Å². The fraction of sp³-hybridized carbons (Fsp3) is 0.580. The molecule has 1 N–H and O–H groups in total. The van der Waals surface area contributed by atoms with E-state index in [4.69, 9.17) is 18.9 Å². The molecule has 0 bridgehead atoms. The Bertz CT molecular complexity index is 2350. The van der Waals surface area contributed by atoms with Gasteiger partial charge >= 0.3 is 17.9 Å². The highest BCUT2D eigenvalue weighted by Crippen LogP contribution is 2.16. The molecule has 0 aliphatic rings. The van der Waals surface area contributed by atoms with Crippen molar-refractivity contribution < 1.29 is 42.9 Å². The second kappa shape index (κ2) is 75.6. The van der Waals surface area contributed by atoms with E-state index < -0.39 is 24.3 Å². The summed E-state index contributed by atoms with van der Waals surface area (Å²) >= 11 is 0. The Balaban J connectivity index is 4.20. The lowest BCUT2D eigenvalue weighted by Crippen LogP contribution is -2.40. The molecular weight excluding hydrogens is 1200 g/mol. The van der Waals surface area contributed by atoms with E-state index >= 15 is 0 Å². The van der Waals surface area contributed by atoms with E-state index in [2.05, 4.69) is 220 Å². The molecule has 0 spiro atoms. The van der Waals surface area contributed by atoms with Gasteiger partial charge in [0.2, 0.25) is 0 Å². The van der Waals surface area contributed by atoms with Crippen LogP contribution in [0.3, 0.4) is 0 Å². The van der Waals surface area contributed by atoms with Gasteiger partial charge in [0, 0.05) is 12.8 Å². The van der Waals surface area contributed by atoms with E-state index in [0.717, 1.165) is 161 Å². The average Bonchev–Trinajstić information content (AvgIpc) is 2.39. The Labute approximate surface area is 594 Å². The lowest BCUT2D eigenvalue weighted by Gasteiger charge is -2.25. The van der Waals surface area contributed by atoms with Gasteiger partial charge in [0.15, 0.2) is 6.10 Å². The highest BCUT2D eigenvalue weighted by atomic mass is 16.7. The van der Waals surface area contributed by atoms with Crippen LogP contribution in [0.25, 0.3) is 0 Å². The number of rotatable bonds is 68. The van der Waals surface area contributed by atoms with Gasteiger partial charge in [0.25, 0.3) is 6.29 Å². The monoisotopic (exact) mass is 1340 g/mol. The zero-order valence-corrected chi connectivity index (χ0v) is 62.1. The van der Waals surface area contributed by atoms with Crippen molar-refractivity contribution in [2.75, 3.05) is 47.5 Å². The number of carbonyl (C=O) groups is 3. The van der Waals surface area contributed by atoms with Crippen molar-refractivity contribution in [2.45, 2.75) is 283 Å². The summed E-state index contributed by atoms with van der Waals surface area (Å²) in [7, 11) is 5.96. The van der Waals surface area contributed by atoms with Crippen LogP contribution in [0, 0.1) is 0 Å². The van der Waals surface area contributed by atoms with Crippen molar-refractivity contribution in [1.29, 1.82) is 0 Å². The number of carboxylic acids is 1. The molecule has 0 aromatic rings. The molecule has 97 heavy (non-hydrogen) atoms. The van der Waals surface area contributed by atoms with Crippen LogP contribution in [-0.2, 0) is 33.3 Å².